The average Bonchev–Trinajstić information content (AvgIpc) is 3.34. The number of thiazole rings is 1. The zero-order valence-corrected chi connectivity index (χ0v) is 20.5. The lowest BCUT2D eigenvalue weighted by molar-refractivity contribution is -0.144. The molecule has 2 heterocycles. The smallest absolute Gasteiger partial charge is 0.246 e. The number of likely N-dealkylation sites (tertiary alicyclic amines) is 1. The third-order valence-electron chi connectivity index (χ3n) is 5.76. The van der Waals surface area contributed by atoms with E-state index in [2.05, 4.69) is 15.6 Å². The maximum absolute atomic E-state index is 14.7. The first kappa shape index (κ1) is 24.8. The summed E-state index contributed by atoms with van der Waals surface area (Å²) < 4.78 is 14.7. The van der Waals surface area contributed by atoms with Crippen molar-refractivity contribution < 1.29 is 18.8 Å². The van der Waals surface area contributed by atoms with Crippen LogP contribution in [0.3, 0.4) is 0 Å². The topological polar surface area (TPSA) is 91.4 Å². The van der Waals surface area contributed by atoms with Gasteiger partial charge in [-0.25, -0.2) is 9.37 Å². The maximum atomic E-state index is 14.7. The van der Waals surface area contributed by atoms with Crippen molar-refractivity contribution in [1.82, 2.24) is 20.5 Å². The molecule has 0 bridgehead atoms. The molecule has 1 fully saturated rings. The molecule has 3 atom stereocenters. The van der Waals surface area contributed by atoms with Crippen LogP contribution in [0.1, 0.15) is 45.4 Å². The molecule has 2 N–H and O–H groups in total. The molecule has 1 aliphatic rings. The van der Waals surface area contributed by atoms with Gasteiger partial charge in [0.1, 0.15) is 18.3 Å². The third kappa shape index (κ3) is 5.76. The molecule has 1 aliphatic heterocycles. The molecule has 3 amide bonds. The molecule has 33 heavy (non-hydrogen) atoms. The molecule has 1 aromatic heterocycles. The van der Waals surface area contributed by atoms with Crippen molar-refractivity contribution in [3.05, 3.63) is 41.0 Å². The first-order chi connectivity index (χ1) is 15.5. The number of amides is 3. The molecule has 9 heteroatoms. The predicted molar refractivity (Wildman–Crippen MR) is 126 cm³/mol. The first-order valence-corrected chi connectivity index (χ1v) is 11.9. The number of carbonyl (C=O) groups excluding carboxylic acids is 3. The highest BCUT2D eigenvalue weighted by molar-refractivity contribution is 7.13. The van der Waals surface area contributed by atoms with Crippen molar-refractivity contribution in [3.63, 3.8) is 0 Å². The van der Waals surface area contributed by atoms with E-state index in [1.165, 1.54) is 11.8 Å². The number of alkyl halides is 1. The molecule has 1 aromatic carbocycles. The largest absolute Gasteiger partial charge is 0.350 e. The van der Waals surface area contributed by atoms with Crippen LogP contribution in [0.5, 0.6) is 0 Å². The van der Waals surface area contributed by atoms with Crippen molar-refractivity contribution in [2.75, 3.05) is 6.54 Å². The van der Waals surface area contributed by atoms with Gasteiger partial charge in [0, 0.05) is 20.0 Å². The van der Waals surface area contributed by atoms with Crippen LogP contribution in [0.25, 0.3) is 10.4 Å². The summed E-state index contributed by atoms with van der Waals surface area (Å²) in [6.45, 7) is 9.11. The molecule has 0 saturated carbocycles. The van der Waals surface area contributed by atoms with Crippen LogP contribution < -0.4 is 10.6 Å². The molecule has 0 unspecified atom stereocenters. The summed E-state index contributed by atoms with van der Waals surface area (Å²) in [4.78, 5) is 44.4. The minimum Gasteiger partial charge on any atom is -0.350 e. The van der Waals surface area contributed by atoms with E-state index < -0.39 is 35.5 Å². The van der Waals surface area contributed by atoms with Gasteiger partial charge in [-0.3, -0.25) is 14.4 Å². The fourth-order valence-electron chi connectivity index (χ4n) is 3.97. The van der Waals surface area contributed by atoms with Gasteiger partial charge in [0.15, 0.2) is 0 Å². The number of aromatic nitrogens is 1. The Balaban J connectivity index is 1.68. The normalized spacial score (nSPS) is 19.3. The number of hydrogen-bond donors (Lipinski definition) is 2. The second-order valence-electron chi connectivity index (χ2n) is 9.46. The number of rotatable bonds is 6. The van der Waals surface area contributed by atoms with E-state index in [0.717, 1.165) is 21.7 Å². The SMILES string of the molecule is CC(=O)N[C@H](C(=O)N1CC[C@H](F)[C@H]1C(=O)NCc1ccc(-c2scnc2C)cc1)C(C)(C)C. The van der Waals surface area contributed by atoms with Gasteiger partial charge < -0.3 is 15.5 Å². The summed E-state index contributed by atoms with van der Waals surface area (Å²) in [6, 6.07) is 5.69. The molecule has 0 spiro atoms. The Bertz CT molecular complexity index is 1020. The minimum atomic E-state index is -1.46. The molecule has 178 valence electrons. The molecule has 7 nitrogen and oxygen atoms in total. The van der Waals surface area contributed by atoms with E-state index in [1.807, 2.05) is 52.0 Å². The van der Waals surface area contributed by atoms with Crippen LogP contribution in [-0.2, 0) is 20.9 Å². The number of hydrogen-bond acceptors (Lipinski definition) is 5. The zero-order valence-electron chi connectivity index (χ0n) is 19.6. The summed E-state index contributed by atoms with van der Waals surface area (Å²) >= 11 is 1.57. The summed E-state index contributed by atoms with van der Waals surface area (Å²) in [6.07, 6.45) is -1.37. The Morgan fingerprint density at radius 1 is 1.24 bits per heavy atom. The fraction of sp³-hybridized carbons (Fsp3) is 0.500. The number of nitrogens with one attached hydrogen (secondary N) is 2. The van der Waals surface area contributed by atoms with Crippen molar-refractivity contribution in [1.29, 1.82) is 0 Å². The highest BCUT2D eigenvalue weighted by Gasteiger charge is 2.46. The van der Waals surface area contributed by atoms with E-state index in [9.17, 15) is 18.8 Å². The lowest BCUT2D eigenvalue weighted by Gasteiger charge is -2.35. The molecule has 1 saturated heterocycles. The summed E-state index contributed by atoms with van der Waals surface area (Å²) in [5.41, 5.74) is 4.10. The van der Waals surface area contributed by atoms with Gasteiger partial charge in [0.25, 0.3) is 0 Å². The lowest BCUT2D eigenvalue weighted by Crippen LogP contribution is -2.58. The number of nitrogens with zero attached hydrogens (tertiary/aromatic N) is 2. The lowest BCUT2D eigenvalue weighted by atomic mass is 9.85. The standard InChI is InChI=1S/C24H31FN4O3S/c1-14-20(33-13-27-14)17-8-6-16(7-9-17)12-26-22(31)19-18(25)10-11-29(19)23(32)21(24(3,4)5)28-15(2)30/h6-9,13,18-19,21H,10-12H2,1-5H3,(H,26,31)(H,28,30)/t18-,19-,21+/m0/s1. The molecule has 3 rings (SSSR count). The quantitative estimate of drug-likeness (QED) is 0.673. The van der Waals surface area contributed by atoms with Gasteiger partial charge in [-0.2, -0.15) is 0 Å². The maximum Gasteiger partial charge on any atom is 0.246 e. The van der Waals surface area contributed by atoms with E-state index >= 15 is 0 Å². The average molecular weight is 475 g/mol. The third-order valence-corrected chi connectivity index (χ3v) is 6.74. The summed E-state index contributed by atoms with van der Waals surface area (Å²) in [7, 11) is 0. The molecule has 0 radical (unpaired) electrons. The second-order valence-corrected chi connectivity index (χ2v) is 10.3. The van der Waals surface area contributed by atoms with Crippen molar-refractivity contribution in [2.45, 2.75) is 65.8 Å². The number of benzene rings is 1. The second kappa shape index (κ2) is 9.99. The Labute approximate surface area is 197 Å². The molecule has 0 aliphatic carbocycles. The van der Waals surface area contributed by atoms with Crippen LogP contribution >= 0.6 is 11.3 Å². The number of carbonyl (C=O) groups is 3. The van der Waals surface area contributed by atoms with Crippen LogP contribution in [0, 0.1) is 12.3 Å². The van der Waals surface area contributed by atoms with E-state index in [4.69, 9.17) is 0 Å². The number of aryl methyl sites for hydroxylation is 1. The van der Waals surface area contributed by atoms with E-state index in [0.29, 0.717) is 0 Å². The van der Waals surface area contributed by atoms with Crippen molar-refractivity contribution in [3.8, 4) is 10.4 Å². The molecular formula is C24H31FN4O3S. The van der Waals surface area contributed by atoms with E-state index in [-0.39, 0.29) is 25.4 Å². The van der Waals surface area contributed by atoms with Crippen molar-refractivity contribution >= 4 is 29.1 Å². The Kier molecular flexibility index (Phi) is 7.51. The van der Waals surface area contributed by atoms with Crippen molar-refractivity contribution in [2.24, 2.45) is 5.41 Å². The Morgan fingerprint density at radius 3 is 2.45 bits per heavy atom. The minimum absolute atomic E-state index is 0.0870. The summed E-state index contributed by atoms with van der Waals surface area (Å²) in [5, 5.41) is 5.43. The fourth-order valence-corrected chi connectivity index (χ4v) is 4.78. The van der Waals surface area contributed by atoms with Crippen LogP contribution in [0.2, 0.25) is 0 Å². The summed E-state index contributed by atoms with van der Waals surface area (Å²) in [5.74, 6) is -1.33. The van der Waals surface area contributed by atoms with Crippen LogP contribution in [-0.4, -0.2) is 52.4 Å². The van der Waals surface area contributed by atoms with Gasteiger partial charge >= 0.3 is 0 Å². The van der Waals surface area contributed by atoms with Crippen LogP contribution in [0.4, 0.5) is 4.39 Å². The van der Waals surface area contributed by atoms with E-state index in [1.54, 1.807) is 16.8 Å². The van der Waals surface area contributed by atoms with Gasteiger partial charge in [-0.1, -0.05) is 45.0 Å². The van der Waals surface area contributed by atoms with Gasteiger partial charge in [0.2, 0.25) is 17.7 Å². The predicted octanol–water partition coefficient (Wildman–Crippen LogP) is 3.22. The van der Waals surface area contributed by atoms with Crippen LogP contribution in [0.15, 0.2) is 29.8 Å². The zero-order chi connectivity index (χ0) is 24.3. The number of halogens is 1. The highest BCUT2D eigenvalue weighted by atomic mass is 32.1. The Hall–Kier alpha value is -2.81. The highest BCUT2D eigenvalue weighted by Crippen LogP contribution is 2.28. The molecular weight excluding hydrogens is 443 g/mol. The Morgan fingerprint density at radius 2 is 1.91 bits per heavy atom. The monoisotopic (exact) mass is 474 g/mol. The first-order valence-electron chi connectivity index (χ1n) is 11.0. The van der Waals surface area contributed by atoms with Gasteiger partial charge in [0.05, 0.1) is 16.1 Å². The molecule has 2 aromatic rings. The van der Waals surface area contributed by atoms with Gasteiger partial charge in [-0.05, 0) is 29.9 Å². The van der Waals surface area contributed by atoms with Gasteiger partial charge in [-0.15, -0.1) is 11.3 Å².